The number of nitrogens with zero attached hydrogens (tertiary/aromatic N) is 1. The van der Waals surface area contributed by atoms with E-state index in [9.17, 15) is 0 Å². The summed E-state index contributed by atoms with van der Waals surface area (Å²) in [7, 11) is 0. The lowest BCUT2D eigenvalue weighted by Crippen LogP contribution is -2.32. The van der Waals surface area contributed by atoms with Gasteiger partial charge in [0.25, 0.3) is 0 Å². The zero-order valence-electron chi connectivity index (χ0n) is 8.24. The van der Waals surface area contributed by atoms with Gasteiger partial charge in [-0.05, 0) is 31.0 Å². The summed E-state index contributed by atoms with van der Waals surface area (Å²) >= 11 is 0. The van der Waals surface area contributed by atoms with Gasteiger partial charge in [-0.3, -0.25) is 0 Å². The van der Waals surface area contributed by atoms with Crippen LogP contribution < -0.4 is 11.5 Å². The minimum atomic E-state index is 0.845. The molecule has 13 heavy (non-hydrogen) atoms. The largest absolute Gasteiger partial charge is 0.405 e. The normalized spacial score (nSPS) is 21.3. The van der Waals surface area contributed by atoms with E-state index in [1.54, 1.807) is 6.20 Å². The topological polar surface area (TPSA) is 55.3 Å². The van der Waals surface area contributed by atoms with Crippen molar-refractivity contribution in [1.29, 1.82) is 0 Å². The summed E-state index contributed by atoms with van der Waals surface area (Å²) in [6, 6.07) is 0. The van der Waals surface area contributed by atoms with Crippen LogP contribution in [0.2, 0.25) is 0 Å². The van der Waals surface area contributed by atoms with Gasteiger partial charge in [-0.15, -0.1) is 0 Å². The lowest BCUT2D eigenvalue weighted by molar-refractivity contribution is 0.243. The van der Waals surface area contributed by atoms with Gasteiger partial charge in [0.1, 0.15) is 0 Å². The van der Waals surface area contributed by atoms with Crippen LogP contribution in [0.5, 0.6) is 0 Å². The minimum Gasteiger partial charge on any atom is -0.405 e. The van der Waals surface area contributed by atoms with Gasteiger partial charge < -0.3 is 16.4 Å². The van der Waals surface area contributed by atoms with E-state index >= 15 is 0 Å². The number of hydrogen-bond donors (Lipinski definition) is 2. The van der Waals surface area contributed by atoms with E-state index in [0.717, 1.165) is 24.7 Å². The van der Waals surface area contributed by atoms with Crippen LogP contribution in [0.1, 0.15) is 19.8 Å². The first kappa shape index (κ1) is 9.96. The molecule has 1 aliphatic rings. The first-order chi connectivity index (χ1) is 6.27. The highest BCUT2D eigenvalue weighted by atomic mass is 15.1. The Morgan fingerprint density at radius 2 is 1.92 bits per heavy atom. The molecule has 3 nitrogen and oxygen atoms in total. The standard InChI is InChI=1S/C10H19N3/c1-9-3-6-13(7-4-9)10(8-12)2-5-11/h2,5,8-9H,3-4,6-7,11-12H2,1H3/b5-2-,10-8+. The van der Waals surface area contributed by atoms with Crippen LogP contribution in [0.25, 0.3) is 0 Å². The molecule has 1 rings (SSSR count). The van der Waals surface area contributed by atoms with E-state index in [1.165, 1.54) is 19.0 Å². The number of piperidine rings is 1. The summed E-state index contributed by atoms with van der Waals surface area (Å²) in [5.74, 6) is 0.845. The van der Waals surface area contributed by atoms with Crippen LogP contribution in [-0.2, 0) is 0 Å². The van der Waals surface area contributed by atoms with Crippen molar-refractivity contribution >= 4 is 0 Å². The first-order valence-electron chi connectivity index (χ1n) is 4.83. The van der Waals surface area contributed by atoms with Gasteiger partial charge in [0.15, 0.2) is 0 Å². The van der Waals surface area contributed by atoms with Gasteiger partial charge in [-0.2, -0.15) is 0 Å². The number of likely N-dealkylation sites (tertiary alicyclic amines) is 1. The van der Waals surface area contributed by atoms with Crippen molar-refractivity contribution in [3.63, 3.8) is 0 Å². The molecule has 1 heterocycles. The van der Waals surface area contributed by atoms with E-state index in [4.69, 9.17) is 11.5 Å². The fourth-order valence-electron chi connectivity index (χ4n) is 1.63. The Balaban J connectivity index is 2.52. The predicted octanol–water partition coefficient (Wildman–Crippen LogP) is 0.991. The number of hydrogen-bond acceptors (Lipinski definition) is 3. The van der Waals surface area contributed by atoms with Crippen molar-refractivity contribution in [2.24, 2.45) is 17.4 Å². The molecule has 0 saturated carbocycles. The number of nitrogens with two attached hydrogens (primary N) is 2. The third-order valence-corrected chi connectivity index (χ3v) is 2.59. The molecule has 0 amide bonds. The van der Waals surface area contributed by atoms with Crippen molar-refractivity contribution < 1.29 is 0 Å². The van der Waals surface area contributed by atoms with Crippen molar-refractivity contribution in [3.05, 3.63) is 24.2 Å². The SMILES string of the molecule is CC1CCN(C(/C=C\N)=C/N)CC1. The highest BCUT2D eigenvalue weighted by molar-refractivity contribution is 5.16. The quantitative estimate of drug-likeness (QED) is 0.625. The zero-order chi connectivity index (χ0) is 9.68. The molecular weight excluding hydrogens is 162 g/mol. The average Bonchev–Trinajstić information content (AvgIpc) is 2.16. The van der Waals surface area contributed by atoms with Crippen molar-refractivity contribution in [1.82, 2.24) is 4.90 Å². The van der Waals surface area contributed by atoms with Gasteiger partial charge in [0, 0.05) is 19.3 Å². The Morgan fingerprint density at radius 1 is 1.31 bits per heavy atom. The molecular formula is C10H19N3. The third kappa shape index (κ3) is 2.68. The molecule has 0 aliphatic carbocycles. The molecule has 0 atom stereocenters. The summed E-state index contributed by atoms with van der Waals surface area (Å²) < 4.78 is 0. The van der Waals surface area contributed by atoms with E-state index < -0.39 is 0 Å². The second-order valence-electron chi connectivity index (χ2n) is 3.62. The van der Waals surface area contributed by atoms with Crippen LogP contribution in [0.3, 0.4) is 0 Å². The predicted molar refractivity (Wildman–Crippen MR) is 55.6 cm³/mol. The summed E-state index contributed by atoms with van der Waals surface area (Å²) in [5.41, 5.74) is 11.9. The molecule has 0 spiro atoms. The molecule has 0 aromatic carbocycles. The highest BCUT2D eigenvalue weighted by Crippen LogP contribution is 2.19. The van der Waals surface area contributed by atoms with Gasteiger partial charge in [-0.1, -0.05) is 6.92 Å². The van der Waals surface area contributed by atoms with Crippen LogP contribution >= 0.6 is 0 Å². The Labute approximate surface area is 80.1 Å². The number of rotatable bonds is 2. The lowest BCUT2D eigenvalue weighted by atomic mass is 9.99. The summed E-state index contributed by atoms with van der Waals surface area (Å²) in [6.45, 7) is 4.48. The van der Waals surface area contributed by atoms with Gasteiger partial charge in [-0.25, -0.2) is 0 Å². The Morgan fingerprint density at radius 3 is 2.38 bits per heavy atom. The van der Waals surface area contributed by atoms with Crippen molar-refractivity contribution in [3.8, 4) is 0 Å². The maximum absolute atomic E-state index is 5.51. The smallest absolute Gasteiger partial charge is 0.0538 e. The summed E-state index contributed by atoms with van der Waals surface area (Å²) in [4.78, 5) is 2.28. The van der Waals surface area contributed by atoms with Crippen LogP contribution in [-0.4, -0.2) is 18.0 Å². The van der Waals surface area contributed by atoms with Crippen molar-refractivity contribution in [2.45, 2.75) is 19.8 Å². The lowest BCUT2D eigenvalue weighted by Gasteiger charge is -2.32. The monoisotopic (exact) mass is 181 g/mol. The molecule has 0 bridgehead atoms. The second-order valence-corrected chi connectivity index (χ2v) is 3.62. The van der Waals surface area contributed by atoms with Crippen LogP contribution in [0.15, 0.2) is 24.2 Å². The van der Waals surface area contributed by atoms with E-state index in [0.29, 0.717) is 0 Å². The molecule has 0 unspecified atom stereocenters. The fourth-order valence-corrected chi connectivity index (χ4v) is 1.63. The summed E-state index contributed by atoms with van der Waals surface area (Å²) in [5, 5.41) is 0. The first-order valence-corrected chi connectivity index (χ1v) is 4.83. The fraction of sp³-hybridized carbons (Fsp3) is 0.600. The molecule has 3 heteroatoms. The molecule has 0 aromatic rings. The molecule has 1 aliphatic heterocycles. The van der Waals surface area contributed by atoms with Crippen LogP contribution in [0.4, 0.5) is 0 Å². The molecule has 0 aromatic heterocycles. The maximum Gasteiger partial charge on any atom is 0.0538 e. The molecule has 4 N–H and O–H groups in total. The minimum absolute atomic E-state index is 0.845. The Hall–Kier alpha value is -1.12. The highest BCUT2D eigenvalue weighted by Gasteiger charge is 2.15. The van der Waals surface area contributed by atoms with Crippen LogP contribution in [0, 0.1) is 5.92 Å². The van der Waals surface area contributed by atoms with E-state index in [-0.39, 0.29) is 0 Å². The second kappa shape index (κ2) is 4.80. The van der Waals surface area contributed by atoms with Gasteiger partial charge >= 0.3 is 0 Å². The number of allylic oxidation sites excluding steroid dienone is 1. The molecule has 1 saturated heterocycles. The molecule has 0 radical (unpaired) electrons. The maximum atomic E-state index is 5.51. The average molecular weight is 181 g/mol. The molecule has 74 valence electrons. The summed E-state index contributed by atoms with van der Waals surface area (Å²) in [6.07, 6.45) is 7.51. The van der Waals surface area contributed by atoms with Gasteiger partial charge in [0.2, 0.25) is 0 Å². The van der Waals surface area contributed by atoms with E-state index in [1.807, 2.05) is 6.08 Å². The third-order valence-electron chi connectivity index (χ3n) is 2.59. The zero-order valence-corrected chi connectivity index (χ0v) is 8.24. The van der Waals surface area contributed by atoms with Gasteiger partial charge in [0.05, 0.1) is 5.70 Å². The Bertz CT molecular complexity index is 200. The molecule has 1 fully saturated rings. The Kier molecular flexibility index (Phi) is 3.68. The van der Waals surface area contributed by atoms with Crippen molar-refractivity contribution in [2.75, 3.05) is 13.1 Å². The van der Waals surface area contributed by atoms with E-state index in [2.05, 4.69) is 11.8 Å².